The molecule has 1 saturated carbocycles. The Balaban J connectivity index is 1.57. The van der Waals surface area contributed by atoms with Gasteiger partial charge in [-0.3, -0.25) is 14.6 Å². The summed E-state index contributed by atoms with van der Waals surface area (Å²) >= 11 is 0. The summed E-state index contributed by atoms with van der Waals surface area (Å²) in [5, 5.41) is 9.69. The van der Waals surface area contributed by atoms with Gasteiger partial charge in [-0.15, -0.1) is 0 Å². The standard InChI is InChI=1S/C20H35N3O2/c1-3-17-14-21(11-12-22(17)13-16(2)24)15-20(25)23(19-9-10-19)18-7-5-4-6-8-18/h7,16-17,19,24H,3-6,8-15H2,1-2H3/t16-,17-/m0/s1. The average molecular weight is 350 g/mol. The molecule has 142 valence electrons. The zero-order valence-corrected chi connectivity index (χ0v) is 16.0. The van der Waals surface area contributed by atoms with Crippen molar-refractivity contribution in [3.63, 3.8) is 0 Å². The molecular weight excluding hydrogens is 314 g/mol. The summed E-state index contributed by atoms with van der Waals surface area (Å²) in [6.45, 7) is 8.15. The van der Waals surface area contributed by atoms with Gasteiger partial charge in [-0.05, 0) is 51.9 Å². The van der Waals surface area contributed by atoms with Gasteiger partial charge in [0.2, 0.25) is 5.91 Å². The van der Waals surface area contributed by atoms with Crippen LogP contribution in [0.15, 0.2) is 11.8 Å². The zero-order valence-electron chi connectivity index (χ0n) is 16.0. The van der Waals surface area contributed by atoms with Gasteiger partial charge < -0.3 is 10.0 Å². The topological polar surface area (TPSA) is 47.0 Å². The van der Waals surface area contributed by atoms with E-state index in [-0.39, 0.29) is 6.10 Å². The van der Waals surface area contributed by atoms with Crippen molar-refractivity contribution in [3.05, 3.63) is 11.8 Å². The van der Waals surface area contributed by atoms with Gasteiger partial charge in [-0.2, -0.15) is 0 Å². The van der Waals surface area contributed by atoms with Crippen molar-refractivity contribution in [2.75, 3.05) is 32.7 Å². The van der Waals surface area contributed by atoms with Crippen LogP contribution in [0.25, 0.3) is 0 Å². The minimum Gasteiger partial charge on any atom is -0.392 e. The van der Waals surface area contributed by atoms with Gasteiger partial charge in [0.1, 0.15) is 0 Å². The first-order valence-corrected chi connectivity index (χ1v) is 10.2. The number of hydrogen-bond acceptors (Lipinski definition) is 4. The van der Waals surface area contributed by atoms with E-state index in [2.05, 4.69) is 27.7 Å². The molecule has 2 fully saturated rings. The van der Waals surface area contributed by atoms with Crippen LogP contribution in [-0.4, -0.2) is 76.6 Å². The van der Waals surface area contributed by atoms with E-state index in [4.69, 9.17) is 0 Å². The molecule has 2 aliphatic carbocycles. The van der Waals surface area contributed by atoms with E-state index in [1.807, 2.05) is 6.92 Å². The van der Waals surface area contributed by atoms with Crippen LogP contribution in [0.5, 0.6) is 0 Å². The van der Waals surface area contributed by atoms with E-state index in [0.29, 0.717) is 24.5 Å². The summed E-state index contributed by atoms with van der Waals surface area (Å²) in [7, 11) is 0. The second-order valence-corrected chi connectivity index (χ2v) is 8.08. The molecule has 0 spiro atoms. The Hall–Kier alpha value is -0.910. The monoisotopic (exact) mass is 349 g/mol. The number of aliphatic hydroxyl groups excluding tert-OH is 1. The van der Waals surface area contributed by atoms with Crippen molar-refractivity contribution in [2.24, 2.45) is 0 Å². The molecule has 2 atom stereocenters. The van der Waals surface area contributed by atoms with Crippen molar-refractivity contribution < 1.29 is 9.90 Å². The molecule has 0 unspecified atom stereocenters. The molecule has 5 nitrogen and oxygen atoms in total. The first kappa shape index (κ1) is 18.9. The van der Waals surface area contributed by atoms with E-state index in [1.54, 1.807) is 0 Å². The number of amides is 1. The van der Waals surface area contributed by atoms with E-state index in [0.717, 1.165) is 45.4 Å². The number of carbonyl (C=O) groups is 1. The maximum atomic E-state index is 13.0. The number of aliphatic hydroxyl groups is 1. The highest BCUT2D eigenvalue weighted by atomic mass is 16.3. The second-order valence-electron chi connectivity index (χ2n) is 8.08. The fraction of sp³-hybridized carbons (Fsp3) is 0.850. The first-order valence-electron chi connectivity index (χ1n) is 10.2. The van der Waals surface area contributed by atoms with Crippen molar-refractivity contribution in [2.45, 2.75) is 77.0 Å². The molecule has 0 aromatic heterocycles. The molecule has 3 rings (SSSR count). The molecule has 1 saturated heterocycles. The maximum Gasteiger partial charge on any atom is 0.241 e. The normalized spacial score (nSPS) is 27.0. The molecular formula is C20H35N3O2. The lowest BCUT2D eigenvalue weighted by Gasteiger charge is -2.42. The first-order chi connectivity index (χ1) is 12.1. The summed E-state index contributed by atoms with van der Waals surface area (Å²) < 4.78 is 0. The molecule has 5 heteroatoms. The van der Waals surface area contributed by atoms with Crippen molar-refractivity contribution in [1.82, 2.24) is 14.7 Å². The number of carbonyl (C=O) groups excluding carboxylic acids is 1. The Bertz CT molecular complexity index is 487. The third-order valence-corrected chi connectivity index (χ3v) is 5.77. The SMILES string of the molecule is CC[C@H]1CN(CC(=O)N(C2=CCCCC2)C2CC2)CCN1C[C@H](C)O. The molecule has 0 aromatic carbocycles. The number of hydrogen-bond donors (Lipinski definition) is 1. The Kier molecular flexibility index (Phi) is 6.53. The molecule has 0 radical (unpaired) electrons. The van der Waals surface area contributed by atoms with Crippen LogP contribution in [0, 0.1) is 0 Å². The van der Waals surface area contributed by atoms with Gasteiger partial charge in [0.15, 0.2) is 0 Å². The molecule has 25 heavy (non-hydrogen) atoms. The molecule has 1 heterocycles. The third-order valence-electron chi connectivity index (χ3n) is 5.77. The maximum absolute atomic E-state index is 13.0. The largest absolute Gasteiger partial charge is 0.392 e. The summed E-state index contributed by atoms with van der Waals surface area (Å²) in [6, 6.07) is 0.912. The fourth-order valence-electron chi connectivity index (χ4n) is 4.31. The summed E-state index contributed by atoms with van der Waals surface area (Å²) in [5.41, 5.74) is 1.29. The lowest BCUT2D eigenvalue weighted by molar-refractivity contribution is -0.132. The highest BCUT2D eigenvalue weighted by molar-refractivity contribution is 5.80. The van der Waals surface area contributed by atoms with Crippen molar-refractivity contribution in [1.29, 1.82) is 0 Å². The van der Waals surface area contributed by atoms with E-state index >= 15 is 0 Å². The van der Waals surface area contributed by atoms with Crippen molar-refractivity contribution >= 4 is 5.91 Å². The Morgan fingerprint density at radius 2 is 2.16 bits per heavy atom. The second kappa shape index (κ2) is 8.65. The number of piperazine rings is 1. The summed E-state index contributed by atoms with van der Waals surface area (Å²) in [6.07, 6.45) is 10.1. The van der Waals surface area contributed by atoms with Crippen LogP contribution in [0.4, 0.5) is 0 Å². The van der Waals surface area contributed by atoms with Crippen LogP contribution < -0.4 is 0 Å². The number of rotatable bonds is 7. The number of β-amino-alcohol motifs (C(OH)–C–C–N with tert-alkyl or cyclic N) is 1. The van der Waals surface area contributed by atoms with Gasteiger partial charge in [-0.1, -0.05) is 13.0 Å². The quantitative estimate of drug-likeness (QED) is 0.765. The highest BCUT2D eigenvalue weighted by Gasteiger charge is 2.36. The average Bonchev–Trinajstić information content (AvgIpc) is 3.42. The number of nitrogens with zero attached hydrogens (tertiary/aromatic N) is 3. The van der Waals surface area contributed by atoms with Crippen LogP contribution >= 0.6 is 0 Å². The molecule has 3 aliphatic rings. The molecule has 1 N–H and O–H groups in total. The fourth-order valence-corrected chi connectivity index (χ4v) is 4.31. The minimum absolute atomic E-state index is 0.286. The Labute approximate surface area is 152 Å². The predicted molar refractivity (Wildman–Crippen MR) is 100 cm³/mol. The molecule has 0 aromatic rings. The van der Waals surface area contributed by atoms with Gasteiger partial charge in [0.05, 0.1) is 12.6 Å². The Morgan fingerprint density at radius 3 is 2.76 bits per heavy atom. The zero-order chi connectivity index (χ0) is 17.8. The van der Waals surface area contributed by atoms with E-state index < -0.39 is 0 Å². The molecule has 1 amide bonds. The van der Waals surface area contributed by atoms with E-state index in [1.165, 1.54) is 31.4 Å². The lowest BCUT2D eigenvalue weighted by Crippen LogP contribution is -2.56. The number of allylic oxidation sites excluding steroid dienone is 2. The Morgan fingerprint density at radius 1 is 1.36 bits per heavy atom. The minimum atomic E-state index is -0.286. The van der Waals surface area contributed by atoms with Gasteiger partial charge in [-0.25, -0.2) is 0 Å². The lowest BCUT2D eigenvalue weighted by atomic mass is 10.0. The van der Waals surface area contributed by atoms with Crippen LogP contribution in [0.2, 0.25) is 0 Å². The third kappa shape index (κ3) is 5.05. The van der Waals surface area contributed by atoms with Gasteiger partial charge >= 0.3 is 0 Å². The molecule has 0 bridgehead atoms. The van der Waals surface area contributed by atoms with Crippen LogP contribution in [0.1, 0.15) is 58.8 Å². The predicted octanol–water partition coefficient (Wildman–Crippen LogP) is 2.21. The summed E-state index contributed by atoms with van der Waals surface area (Å²) in [5.74, 6) is 0.300. The van der Waals surface area contributed by atoms with Crippen LogP contribution in [-0.2, 0) is 4.79 Å². The summed E-state index contributed by atoms with van der Waals surface area (Å²) in [4.78, 5) is 19.9. The highest BCUT2D eigenvalue weighted by Crippen LogP contribution is 2.34. The van der Waals surface area contributed by atoms with Gasteiger partial charge in [0.25, 0.3) is 0 Å². The van der Waals surface area contributed by atoms with Gasteiger partial charge in [0, 0.05) is 44.0 Å². The smallest absolute Gasteiger partial charge is 0.241 e. The van der Waals surface area contributed by atoms with E-state index in [9.17, 15) is 9.90 Å². The molecule has 1 aliphatic heterocycles. The van der Waals surface area contributed by atoms with Crippen molar-refractivity contribution in [3.8, 4) is 0 Å². The van der Waals surface area contributed by atoms with Crippen LogP contribution in [0.3, 0.4) is 0 Å².